The predicted molar refractivity (Wildman–Crippen MR) is 252 cm³/mol. The molecule has 2 atom stereocenters. The first kappa shape index (κ1) is 54.2. The number of amides is 4. The number of benzene rings is 5. The summed E-state index contributed by atoms with van der Waals surface area (Å²) in [5, 5.41) is 24.0. The highest BCUT2D eigenvalue weighted by Crippen LogP contribution is 2.40. The van der Waals surface area contributed by atoms with Crippen LogP contribution in [-0.4, -0.2) is 47.3 Å². The first-order chi connectivity index (χ1) is 32.8. The molecule has 0 aliphatic rings. The molecular weight excluding hydrogens is 1020 g/mol. The molecule has 2 unspecified atom stereocenters. The normalized spacial score (nSPS) is 12.7. The van der Waals surface area contributed by atoms with E-state index in [0.717, 1.165) is 62.4 Å². The molecule has 24 heteroatoms. The Kier molecular flexibility index (Phi) is 17.6. The maximum atomic E-state index is 13.6. The van der Waals surface area contributed by atoms with Crippen LogP contribution >= 0.6 is 46.4 Å². The fourth-order valence-corrected chi connectivity index (χ4v) is 7.42. The second-order valence-electron chi connectivity index (χ2n) is 14.9. The SMILES string of the molecule is CCc1cc(NC(=O)C(N=Nc2cc(Cl)cc(C(=O)Nc3cccc(C(F)(F)F)c3Cl)c2)C(C)=O)c(CC)cc1NC(=O)C(N=Nc1cc(Cl)cc(C(=O)Nc2cccc(C(F)(F)F)c2Cl)c1)C(C)=O. The fraction of sp³-hybridized carbons (Fsp3) is 0.217. The van der Waals surface area contributed by atoms with Gasteiger partial charge in [-0.1, -0.05) is 72.4 Å². The molecular formula is C46H36Cl4F6N8O6. The number of hydrogen-bond donors (Lipinski definition) is 4. The number of rotatable bonds is 16. The third kappa shape index (κ3) is 13.7. The average molecular weight is 1050 g/mol. The van der Waals surface area contributed by atoms with Gasteiger partial charge in [0.15, 0.2) is 11.6 Å². The number of halogens is 10. The van der Waals surface area contributed by atoms with Crippen LogP contribution in [0.25, 0.3) is 0 Å². The zero-order chi connectivity index (χ0) is 51.8. The van der Waals surface area contributed by atoms with Crippen molar-refractivity contribution >= 4 is 116 Å². The molecule has 0 radical (unpaired) electrons. The molecule has 4 amide bonds. The predicted octanol–water partition coefficient (Wildman–Crippen LogP) is 13.3. The lowest BCUT2D eigenvalue weighted by atomic mass is 10.0. The van der Waals surface area contributed by atoms with Gasteiger partial charge in [-0.15, -0.1) is 0 Å². The average Bonchev–Trinajstić information content (AvgIpc) is 3.26. The van der Waals surface area contributed by atoms with Crippen LogP contribution in [-0.2, 0) is 44.4 Å². The van der Waals surface area contributed by atoms with E-state index in [2.05, 4.69) is 41.7 Å². The zero-order valence-corrected chi connectivity index (χ0v) is 39.7. The Labute approximate surface area is 414 Å². The van der Waals surface area contributed by atoms with Crippen LogP contribution in [0.4, 0.5) is 60.5 Å². The number of hydrogen-bond acceptors (Lipinski definition) is 10. The largest absolute Gasteiger partial charge is 0.417 e. The first-order valence-electron chi connectivity index (χ1n) is 20.4. The van der Waals surface area contributed by atoms with Gasteiger partial charge in [0.25, 0.3) is 23.6 Å². The van der Waals surface area contributed by atoms with Crippen molar-refractivity contribution in [2.75, 3.05) is 21.3 Å². The van der Waals surface area contributed by atoms with E-state index in [1.807, 2.05) is 0 Å². The van der Waals surface area contributed by atoms with Crippen molar-refractivity contribution < 1.29 is 55.1 Å². The molecule has 0 aromatic heterocycles. The van der Waals surface area contributed by atoms with Crippen molar-refractivity contribution in [2.45, 2.75) is 65.0 Å². The lowest BCUT2D eigenvalue weighted by molar-refractivity contribution is -0.138. The van der Waals surface area contributed by atoms with Crippen LogP contribution in [0, 0.1) is 0 Å². The standard InChI is InChI=1S/C46H36Cl4F6N8O6/c1-5-23-17-36(60-44(70)40(22(4)66)64-62-30-16-26(14-28(48)20-30)42(68)58-34-12-8-10-32(38(34)50)46(54,55)56)24(6-2)18-35(23)59-43(69)39(21(3)65)63-61-29-15-25(13-27(47)19-29)41(67)57-33-11-7-9-31(37(33)49)45(51,52)53/h7-20,39-40H,5-6H2,1-4H3,(H,57,67)(H,58,68)(H,59,69)(H,60,70). The number of azo groups is 2. The van der Waals surface area contributed by atoms with Crippen molar-refractivity contribution in [2.24, 2.45) is 20.5 Å². The molecule has 0 saturated carbocycles. The Morgan fingerprint density at radius 3 is 1.19 bits per heavy atom. The van der Waals surface area contributed by atoms with Crippen molar-refractivity contribution in [3.05, 3.63) is 138 Å². The smallest absolute Gasteiger partial charge is 0.323 e. The number of nitrogens with zero attached hydrogens (tertiary/aromatic N) is 4. The molecule has 14 nitrogen and oxygen atoms in total. The maximum absolute atomic E-state index is 13.6. The minimum Gasteiger partial charge on any atom is -0.323 e. The molecule has 5 rings (SSSR count). The minimum absolute atomic E-state index is 0.0464. The number of aryl methyl sites for hydroxylation is 2. The Morgan fingerprint density at radius 2 is 0.871 bits per heavy atom. The van der Waals surface area contributed by atoms with E-state index in [4.69, 9.17) is 46.4 Å². The quantitative estimate of drug-likeness (QED) is 0.0430. The highest BCUT2D eigenvalue weighted by molar-refractivity contribution is 6.35. The van der Waals surface area contributed by atoms with Crippen molar-refractivity contribution in [1.82, 2.24) is 0 Å². The van der Waals surface area contributed by atoms with E-state index in [1.165, 1.54) is 36.4 Å². The first-order valence-corrected chi connectivity index (χ1v) is 21.9. The van der Waals surface area contributed by atoms with E-state index < -0.39 is 80.8 Å². The van der Waals surface area contributed by atoms with E-state index in [0.29, 0.717) is 11.1 Å². The monoisotopic (exact) mass is 1050 g/mol. The summed E-state index contributed by atoms with van der Waals surface area (Å²) >= 11 is 24.2. The highest BCUT2D eigenvalue weighted by atomic mass is 35.5. The molecule has 0 spiro atoms. The van der Waals surface area contributed by atoms with Gasteiger partial charge in [-0.2, -0.15) is 46.8 Å². The number of anilines is 4. The Hall–Kier alpha value is -6.74. The van der Waals surface area contributed by atoms with Gasteiger partial charge in [0, 0.05) is 32.5 Å². The summed E-state index contributed by atoms with van der Waals surface area (Å²) in [6.07, 6.45) is -9.04. The van der Waals surface area contributed by atoms with Crippen molar-refractivity contribution in [3.8, 4) is 0 Å². The van der Waals surface area contributed by atoms with Crippen LogP contribution in [0.15, 0.2) is 105 Å². The molecule has 0 saturated heterocycles. The van der Waals surface area contributed by atoms with Gasteiger partial charge in [0.2, 0.25) is 12.1 Å². The molecule has 5 aromatic rings. The van der Waals surface area contributed by atoms with Gasteiger partial charge in [-0.25, -0.2) is 0 Å². The fourth-order valence-electron chi connectivity index (χ4n) is 6.40. The molecule has 0 heterocycles. The van der Waals surface area contributed by atoms with Gasteiger partial charge >= 0.3 is 12.4 Å². The number of carbonyl (C=O) groups excluding carboxylic acids is 6. The van der Waals surface area contributed by atoms with Gasteiger partial charge in [0.1, 0.15) is 0 Å². The van der Waals surface area contributed by atoms with Crippen LogP contribution in [0.2, 0.25) is 20.1 Å². The number of Topliss-reactive ketones (excluding diaryl/α,β-unsaturated/α-hetero) is 2. The molecule has 5 aromatic carbocycles. The van der Waals surface area contributed by atoms with Crippen molar-refractivity contribution in [3.63, 3.8) is 0 Å². The summed E-state index contributed by atoms with van der Waals surface area (Å²) in [5.41, 5.74) is -2.15. The van der Waals surface area contributed by atoms with Gasteiger partial charge in [-0.05, 0) is 111 Å². The van der Waals surface area contributed by atoms with Crippen LogP contribution in [0.1, 0.15) is 70.7 Å². The lowest BCUT2D eigenvalue weighted by Crippen LogP contribution is -2.33. The topological polar surface area (TPSA) is 200 Å². The van der Waals surface area contributed by atoms with E-state index in [-0.39, 0.29) is 68.1 Å². The Balaban J connectivity index is 1.31. The summed E-state index contributed by atoms with van der Waals surface area (Å²) in [6, 6.07) is 12.8. The summed E-state index contributed by atoms with van der Waals surface area (Å²) in [4.78, 5) is 78.7. The molecule has 0 aliphatic heterocycles. The summed E-state index contributed by atoms with van der Waals surface area (Å²) in [6.45, 7) is 5.64. The summed E-state index contributed by atoms with van der Waals surface area (Å²) in [7, 11) is 0. The lowest BCUT2D eigenvalue weighted by Gasteiger charge is -2.18. The van der Waals surface area contributed by atoms with Crippen LogP contribution in [0.3, 0.4) is 0 Å². The summed E-state index contributed by atoms with van der Waals surface area (Å²) < 4.78 is 80.2. The highest BCUT2D eigenvalue weighted by Gasteiger charge is 2.35. The second-order valence-corrected chi connectivity index (χ2v) is 16.6. The van der Waals surface area contributed by atoms with Gasteiger partial charge < -0.3 is 21.3 Å². The van der Waals surface area contributed by atoms with E-state index in [9.17, 15) is 55.1 Å². The molecule has 0 aliphatic carbocycles. The minimum atomic E-state index is -4.79. The van der Waals surface area contributed by atoms with Gasteiger partial charge in [0.05, 0.1) is 43.9 Å². The van der Waals surface area contributed by atoms with E-state index >= 15 is 0 Å². The molecule has 366 valence electrons. The molecule has 0 bridgehead atoms. The Morgan fingerprint density at radius 1 is 0.514 bits per heavy atom. The van der Waals surface area contributed by atoms with Crippen LogP contribution in [0.5, 0.6) is 0 Å². The molecule has 0 fully saturated rings. The molecule has 4 N–H and O–H groups in total. The Bertz CT molecular complexity index is 2770. The number of ketones is 2. The maximum Gasteiger partial charge on any atom is 0.417 e. The van der Waals surface area contributed by atoms with Crippen LogP contribution < -0.4 is 21.3 Å². The number of alkyl halides is 6. The van der Waals surface area contributed by atoms with E-state index in [1.54, 1.807) is 13.8 Å². The zero-order valence-electron chi connectivity index (χ0n) is 36.7. The summed E-state index contributed by atoms with van der Waals surface area (Å²) in [5.74, 6) is -5.13. The van der Waals surface area contributed by atoms with Crippen molar-refractivity contribution in [1.29, 1.82) is 0 Å². The second kappa shape index (κ2) is 22.8. The number of carbonyl (C=O) groups is 6. The van der Waals surface area contributed by atoms with Gasteiger partial charge in [-0.3, -0.25) is 28.8 Å². The molecule has 70 heavy (non-hydrogen) atoms. The number of nitrogens with one attached hydrogen (secondary N) is 4. The third-order valence-corrected chi connectivity index (χ3v) is 11.1. The third-order valence-electron chi connectivity index (χ3n) is 9.84.